The maximum absolute atomic E-state index is 13.0. The minimum atomic E-state index is -0.490. The molecule has 0 saturated heterocycles. The molecule has 3 rings (SSSR count). The topological polar surface area (TPSA) is 49.3 Å². The van der Waals surface area contributed by atoms with Gasteiger partial charge in [0.1, 0.15) is 5.82 Å². The van der Waals surface area contributed by atoms with Crippen LogP contribution >= 0.6 is 0 Å². The number of nitrogens with one attached hydrogen (secondary N) is 1. The van der Waals surface area contributed by atoms with Crippen molar-refractivity contribution < 1.29 is 14.3 Å². The van der Waals surface area contributed by atoms with Crippen LogP contribution in [-0.4, -0.2) is 23.2 Å². The van der Waals surface area contributed by atoms with Gasteiger partial charge in [0.25, 0.3) is 0 Å². The summed E-state index contributed by atoms with van der Waals surface area (Å²) in [5, 5.41) is 13.0. The standard InChI is InChI=1S/C17H22FNO2/c18-12-9-7-11(8-10-12)13-3-1-5-15(13)19-17(21)14-4-2-6-16(14)20/h7-10,13-16,20H,1-6H2,(H,19,21). The van der Waals surface area contributed by atoms with Gasteiger partial charge >= 0.3 is 0 Å². The molecule has 0 aromatic heterocycles. The van der Waals surface area contributed by atoms with E-state index in [1.807, 2.05) is 12.1 Å². The first-order valence-electron chi connectivity index (χ1n) is 7.89. The number of aliphatic hydroxyl groups excluding tert-OH is 1. The third-order valence-corrected chi connectivity index (χ3v) is 4.96. The molecule has 4 unspecified atom stereocenters. The molecule has 2 saturated carbocycles. The van der Waals surface area contributed by atoms with Crippen LogP contribution in [-0.2, 0) is 4.79 Å². The Bertz CT molecular complexity index is 502. The van der Waals surface area contributed by atoms with Gasteiger partial charge in [0.05, 0.1) is 12.0 Å². The van der Waals surface area contributed by atoms with Crippen LogP contribution in [0.15, 0.2) is 24.3 Å². The number of rotatable bonds is 3. The van der Waals surface area contributed by atoms with Crippen molar-refractivity contribution in [1.82, 2.24) is 5.32 Å². The predicted octanol–water partition coefficient (Wildman–Crippen LogP) is 2.74. The highest BCUT2D eigenvalue weighted by Crippen LogP contribution is 2.35. The van der Waals surface area contributed by atoms with Crippen molar-refractivity contribution in [2.24, 2.45) is 5.92 Å². The Labute approximate surface area is 124 Å². The zero-order valence-electron chi connectivity index (χ0n) is 12.1. The van der Waals surface area contributed by atoms with Gasteiger partial charge in [-0.2, -0.15) is 0 Å². The van der Waals surface area contributed by atoms with Gasteiger partial charge in [0.2, 0.25) is 5.91 Å². The Hall–Kier alpha value is -1.42. The average molecular weight is 291 g/mol. The van der Waals surface area contributed by atoms with Crippen molar-refractivity contribution in [2.45, 2.75) is 56.6 Å². The fourth-order valence-corrected chi connectivity index (χ4v) is 3.78. The second-order valence-corrected chi connectivity index (χ2v) is 6.31. The van der Waals surface area contributed by atoms with Crippen LogP contribution in [0.5, 0.6) is 0 Å². The van der Waals surface area contributed by atoms with Gasteiger partial charge in [-0.25, -0.2) is 4.39 Å². The lowest BCUT2D eigenvalue weighted by Crippen LogP contribution is -2.42. The minimum Gasteiger partial charge on any atom is -0.392 e. The van der Waals surface area contributed by atoms with Crippen LogP contribution in [0.1, 0.15) is 50.0 Å². The lowest BCUT2D eigenvalue weighted by molar-refractivity contribution is -0.128. The van der Waals surface area contributed by atoms with E-state index in [0.717, 1.165) is 44.1 Å². The van der Waals surface area contributed by atoms with E-state index in [1.54, 1.807) is 0 Å². The van der Waals surface area contributed by atoms with E-state index >= 15 is 0 Å². The van der Waals surface area contributed by atoms with E-state index in [9.17, 15) is 14.3 Å². The molecule has 0 heterocycles. The van der Waals surface area contributed by atoms with Gasteiger partial charge in [-0.15, -0.1) is 0 Å². The Kier molecular flexibility index (Phi) is 4.24. The van der Waals surface area contributed by atoms with Crippen molar-refractivity contribution in [3.05, 3.63) is 35.6 Å². The SMILES string of the molecule is O=C(NC1CCCC1c1ccc(F)cc1)C1CCCC1O. The van der Waals surface area contributed by atoms with Crippen LogP contribution in [0.25, 0.3) is 0 Å². The zero-order valence-corrected chi connectivity index (χ0v) is 12.1. The Morgan fingerprint density at radius 2 is 1.81 bits per heavy atom. The normalized spacial score (nSPS) is 32.3. The van der Waals surface area contributed by atoms with E-state index in [4.69, 9.17) is 0 Å². The fourth-order valence-electron chi connectivity index (χ4n) is 3.78. The molecule has 0 spiro atoms. The summed E-state index contributed by atoms with van der Waals surface area (Å²) in [6.07, 6.45) is 4.98. The third kappa shape index (κ3) is 3.10. The summed E-state index contributed by atoms with van der Waals surface area (Å²) in [7, 11) is 0. The smallest absolute Gasteiger partial charge is 0.225 e. The molecule has 2 aliphatic rings. The number of benzene rings is 1. The van der Waals surface area contributed by atoms with Gasteiger partial charge in [-0.3, -0.25) is 4.79 Å². The molecule has 2 aliphatic carbocycles. The Balaban J connectivity index is 1.66. The van der Waals surface area contributed by atoms with E-state index < -0.39 is 6.10 Å². The number of aliphatic hydroxyl groups is 1. The quantitative estimate of drug-likeness (QED) is 0.899. The molecule has 1 aromatic carbocycles. The zero-order chi connectivity index (χ0) is 14.8. The number of halogens is 1. The number of hydrogen-bond donors (Lipinski definition) is 2. The van der Waals surface area contributed by atoms with Crippen LogP contribution < -0.4 is 5.32 Å². The van der Waals surface area contributed by atoms with Crippen molar-refractivity contribution in [3.8, 4) is 0 Å². The molecule has 0 aliphatic heterocycles. The second-order valence-electron chi connectivity index (χ2n) is 6.31. The lowest BCUT2D eigenvalue weighted by Gasteiger charge is -2.24. The van der Waals surface area contributed by atoms with Crippen LogP contribution in [0, 0.1) is 11.7 Å². The number of carbonyl (C=O) groups excluding carboxylic acids is 1. The summed E-state index contributed by atoms with van der Waals surface area (Å²) in [6.45, 7) is 0. The van der Waals surface area contributed by atoms with E-state index in [1.165, 1.54) is 12.1 Å². The van der Waals surface area contributed by atoms with Crippen molar-refractivity contribution in [1.29, 1.82) is 0 Å². The summed E-state index contributed by atoms with van der Waals surface area (Å²) >= 11 is 0. The van der Waals surface area contributed by atoms with Crippen molar-refractivity contribution >= 4 is 5.91 Å². The Morgan fingerprint density at radius 1 is 1.10 bits per heavy atom. The summed E-state index contributed by atoms with van der Waals surface area (Å²) < 4.78 is 13.0. The maximum Gasteiger partial charge on any atom is 0.225 e. The molecular formula is C17H22FNO2. The number of hydrogen-bond acceptors (Lipinski definition) is 2. The van der Waals surface area contributed by atoms with Gasteiger partial charge < -0.3 is 10.4 Å². The molecule has 1 aromatic rings. The van der Waals surface area contributed by atoms with Crippen LogP contribution in [0.2, 0.25) is 0 Å². The third-order valence-electron chi connectivity index (χ3n) is 4.96. The molecule has 4 atom stereocenters. The molecule has 0 bridgehead atoms. The van der Waals surface area contributed by atoms with Crippen molar-refractivity contribution in [3.63, 3.8) is 0 Å². The minimum absolute atomic E-state index is 0.0148. The molecule has 1 amide bonds. The monoisotopic (exact) mass is 291 g/mol. The first kappa shape index (κ1) is 14.5. The molecular weight excluding hydrogens is 269 g/mol. The number of carbonyl (C=O) groups is 1. The lowest BCUT2D eigenvalue weighted by atomic mass is 9.93. The van der Waals surface area contributed by atoms with Crippen LogP contribution in [0.3, 0.4) is 0 Å². The highest BCUT2D eigenvalue weighted by Gasteiger charge is 2.35. The summed E-state index contributed by atoms with van der Waals surface area (Å²) in [5.74, 6) is -0.238. The van der Waals surface area contributed by atoms with Gasteiger partial charge in [0, 0.05) is 12.0 Å². The molecule has 2 fully saturated rings. The van der Waals surface area contributed by atoms with E-state index in [2.05, 4.69) is 5.32 Å². The molecule has 2 N–H and O–H groups in total. The molecule has 0 radical (unpaired) electrons. The summed E-state index contributed by atoms with van der Waals surface area (Å²) in [5.41, 5.74) is 1.09. The molecule has 4 heteroatoms. The number of amides is 1. The molecule has 21 heavy (non-hydrogen) atoms. The van der Waals surface area contributed by atoms with Crippen molar-refractivity contribution in [2.75, 3.05) is 0 Å². The summed E-state index contributed by atoms with van der Waals surface area (Å²) in [4.78, 5) is 12.3. The average Bonchev–Trinajstić information content (AvgIpc) is 3.09. The first-order chi connectivity index (χ1) is 10.1. The fraction of sp³-hybridized carbons (Fsp3) is 0.588. The van der Waals surface area contributed by atoms with E-state index in [-0.39, 0.29) is 29.6 Å². The Morgan fingerprint density at radius 3 is 2.48 bits per heavy atom. The highest BCUT2D eigenvalue weighted by molar-refractivity contribution is 5.80. The van der Waals surface area contributed by atoms with Crippen LogP contribution in [0.4, 0.5) is 4.39 Å². The second kappa shape index (κ2) is 6.14. The largest absolute Gasteiger partial charge is 0.392 e. The van der Waals surface area contributed by atoms with Gasteiger partial charge in [-0.05, 0) is 49.8 Å². The molecule has 114 valence electrons. The predicted molar refractivity (Wildman–Crippen MR) is 78.3 cm³/mol. The molecule has 3 nitrogen and oxygen atoms in total. The van der Waals surface area contributed by atoms with E-state index in [0.29, 0.717) is 0 Å². The highest BCUT2D eigenvalue weighted by atomic mass is 19.1. The first-order valence-corrected chi connectivity index (χ1v) is 7.89. The van der Waals surface area contributed by atoms with Gasteiger partial charge in [-0.1, -0.05) is 18.6 Å². The maximum atomic E-state index is 13.0. The van der Waals surface area contributed by atoms with Gasteiger partial charge in [0.15, 0.2) is 0 Å². The summed E-state index contributed by atoms with van der Waals surface area (Å²) in [6, 6.07) is 6.69.